The number of rotatable bonds is 5. The fourth-order valence-corrected chi connectivity index (χ4v) is 5.29. The molecule has 1 saturated heterocycles. The van der Waals surface area contributed by atoms with Crippen molar-refractivity contribution in [2.75, 3.05) is 24.5 Å². The van der Waals surface area contributed by atoms with Gasteiger partial charge in [0.15, 0.2) is 0 Å². The van der Waals surface area contributed by atoms with Crippen molar-refractivity contribution in [1.82, 2.24) is 9.62 Å². The molecule has 154 valence electrons. The normalized spacial score (nSPS) is 22.2. The molecule has 2 heterocycles. The van der Waals surface area contributed by atoms with E-state index < -0.39 is 10.0 Å². The minimum Gasteiger partial charge on any atom is -0.342 e. The number of sulfonamides is 1. The Balaban J connectivity index is 1.62. The molecule has 1 fully saturated rings. The lowest BCUT2D eigenvalue weighted by Gasteiger charge is -2.31. The first-order chi connectivity index (χ1) is 13.2. The van der Waals surface area contributed by atoms with Crippen LogP contribution in [0.25, 0.3) is 0 Å². The summed E-state index contributed by atoms with van der Waals surface area (Å²) in [6.07, 6.45) is 2.92. The molecular formula is C20H29N3O4S. The van der Waals surface area contributed by atoms with Crippen LogP contribution in [0.4, 0.5) is 5.69 Å². The van der Waals surface area contributed by atoms with Crippen LogP contribution in [0, 0.1) is 5.92 Å². The lowest BCUT2D eigenvalue weighted by molar-refractivity contribution is -0.132. The minimum absolute atomic E-state index is 0.00544. The van der Waals surface area contributed by atoms with Gasteiger partial charge < -0.3 is 9.80 Å². The van der Waals surface area contributed by atoms with E-state index in [1.54, 1.807) is 17.0 Å². The molecule has 0 unspecified atom stereocenters. The molecule has 28 heavy (non-hydrogen) atoms. The molecule has 8 heteroatoms. The van der Waals surface area contributed by atoms with Crippen molar-refractivity contribution in [3.8, 4) is 0 Å². The fourth-order valence-electron chi connectivity index (χ4n) is 4.20. The Morgan fingerprint density at radius 1 is 1.25 bits per heavy atom. The molecular weight excluding hydrogens is 378 g/mol. The van der Waals surface area contributed by atoms with Gasteiger partial charge in [0.25, 0.3) is 0 Å². The first-order valence-electron chi connectivity index (χ1n) is 9.89. The van der Waals surface area contributed by atoms with Crippen molar-refractivity contribution in [2.24, 2.45) is 5.92 Å². The van der Waals surface area contributed by atoms with Crippen LogP contribution >= 0.6 is 0 Å². The van der Waals surface area contributed by atoms with Gasteiger partial charge in [0, 0.05) is 44.7 Å². The van der Waals surface area contributed by atoms with Gasteiger partial charge in [0.05, 0.1) is 4.90 Å². The van der Waals surface area contributed by atoms with E-state index >= 15 is 0 Å². The molecule has 0 aliphatic carbocycles. The maximum Gasteiger partial charge on any atom is 0.240 e. The van der Waals surface area contributed by atoms with Crippen molar-refractivity contribution in [3.63, 3.8) is 0 Å². The van der Waals surface area contributed by atoms with Crippen LogP contribution in [0.1, 0.15) is 45.6 Å². The maximum atomic E-state index is 12.6. The van der Waals surface area contributed by atoms with Crippen molar-refractivity contribution < 1.29 is 18.0 Å². The second-order valence-electron chi connectivity index (χ2n) is 7.97. The molecule has 2 amide bonds. The summed E-state index contributed by atoms with van der Waals surface area (Å²) in [4.78, 5) is 27.8. The molecule has 0 radical (unpaired) electrons. The zero-order chi connectivity index (χ0) is 20.5. The van der Waals surface area contributed by atoms with Gasteiger partial charge in [-0.25, -0.2) is 13.1 Å². The average molecular weight is 408 g/mol. The van der Waals surface area contributed by atoms with E-state index in [-0.39, 0.29) is 35.7 Å². The predicted molar refractivity (Wildman–Crippen MR) is 108 cm³/mol. The molecule has 7 nitrogen and oxygen atoms in total. The molecule has 2 aliphatic heterocycles. The van der Waals surface area contributed by atoms with Crippen LogP contribution in [0.15, 0.2) is 23.1 Å². The first-order valence-corrected chi connectivity index (χ1v) is 11.4. The van der Waals surface area contributed by atoms with E-state index in [1.807, 2.05) is 11.8 Å². The highest BCUT2D eigenvalue weighted by molar-refractivity contribution is 7.89. The third-order valence-corrected chi connectivity index (χ3v) is 7.02. The number of hydrogen-bond donors (Lipinski definition) is 1. The Hall–Kier alpha value is -1.93. The number of carbonyl (C=O) groups is 2. The van der Waals surface area contributed by atoms with E-state index in [4.69, 9.17) is 0 Å². The number of anilines is 1. The number of likely N-dealkylation sites (tertiary alicyclic amines) is 1. The van der Waals surface area contributed by atoms with Crippen LogP contribution in [0.2, 0.25) is 0 Å². The lowest BCUT2D eigenvalue weighted by Crippen LogP contribution is -2.40. The fraction of sp³-hybridized carbons (Fsp3) is 0.600. The molecule has 2 atom stereocenters. The van der Waals surface area contributed by atoms with Crippen LogP contribution in [0.3, 0.4) is 0 Å². The summed E-state index contributed by atoms with van der Waals surface area (Å²) in [6, 6.07) is 4.85. The van der Waals surface area contributed by atoms with Gasteiger partial charge >= 0.3 is 0 Å². The first kappa shape index (κ1) is 20.8. The molecule has 1 aromatic rings. The largest absolute Gasteiger partial charge is 0.342 e. The van der Waals surface area contributed by atoms with Gasteiger partial charge in [-0.05, 0) is 55.9 Å². The summed E-state index contributed by atoms with van der Waals surface area (Å²) in [5, 5.41) is 0. The summed E-state index contributed by atoms with van der Waals surface area (Å²) in [7, 11) is -3.70. The summed E-state index contributed by atoms with van der Waals surface area (Å²) in [6.45, 7) is 7.18. The second kappa shape index (κ2) is 8.21. The van der Waals surface area contributed by atoms with Gasteiger partial charge in [-0.2, -0.15) is 0 Å². The number of nitrogens with one attached hydrogen (secondary N) is 1. The molecule has 0 spiro atoms. The number of piperidine rings is 1. The minimum atomic E-state index is -3.70. The third kappa shape index (κ3) is 4.38. The third-order valence-electron chi connectivity index (χ3n) is 5.56. The van der Waals surface area contributed by atoms with Crippen molar-refractivity contribution in [1.29, 1.82) is 0 Å². The number of nitrogens with zero attached hydrogens (tertiary/aromatic N) is 2. The highest BCUT2D eigenvalue weighted by Crippen LogP contribution is 2.33. The van der Waals surface area contributed by atoms with E-state index in [1.165, 1.54) is 13.0 Å². The highest BCUT2D eigenvalue weighted by atomic mass is 32.2. The maximum absolute atomic E-state index is 12.6. The SMILES string of the molecule is CC(=O)N1c2ccc(S(=O)(=O)NCCC(=O)N3CCC[C@@H](C)C3)cc2C[C@H]1C. The Morgan fingerprint density at radius 2 is 2.00 bits per heavy atom. The van der Waals surface area contributed by atoms with Gasteiger partial charge in [-0.3, -0.25) is 9.59 Å². The highest BCUT2D eigenvalue weighted by Gasteiger charge is 2.30. The Bertz CT molecular complexity index is 868. The summed E-state index contributed by atoms with van der Waals surface area (Å²) in [5.41, 5.74) is 1.62. The zero-order valence-electron chi connectivity index (χ0n) is 16.8. The zero-order valence-corrected chi connectivity index (χ0v) is 17.6. The topological polar surface area (TPSA) is 86.8 Å². The van der Waals surface area contributed by atoms with Crippen molar-refractivity contribution in [2.45, 2.75) is 57.4 Å². The van der Waals surface area contributed by atoms with Gasteiger partial charge in [-0.15, -0.1) is 0 Å². The second-order valence-corrected chi connectivity index (χ2v) is 9.73. The molecule has 1 N–H and O–H groups in total. The number of hydrogen-bond acceptors (Lipinski definition) is 4. The van der Waals surface area contributed by atoms with Gasteiger partial charge in [-0.1, -0.05) is 6.92 Å². The van der Waals surface area contributed by atoms with Crippen LogP contribution in [0.5, 0.6) is 0 Å². The van der Waals surface area contributed by atoms with E-state index in [0.29, 0.717) is 12.3 Å². The number of benzene rings is 1. The summed E-state index contributed by atoms with van der Waals surface area (Å²) in [5.74, 6) is 0.442. The molecule has 1 aromatic carbocycles. The van der Waals surface area contributed by atoms with Crippen LogP contribution < -0.4 is 9.62 Å². The smallest absolute Gasteiger partial charge is 0.240 e. The van der Waals surface area contributed by atoms with Crippen LogP contribution in [-0.4, -0.2) is 50.8 Å². The van der Waals surface area contributed by atoms with E-state index in [2.05, 4.69) is 11.6 Å². The summed E-state index contributed by atoms with van der Waals surface area (Å²) < 4.78 is 27.8. The summed E-state index contributed by atoms with van der Waals surface area (Å²) >= 11 is 0. The number of fused-ring (bicyclic) bond motifs is 1. The molecule has 3 rings (SSSR count). The van der Waals surface area contributed by atoms with Crippen molar-refractivity contribution >= 4 is 27.5 Å². The molecule has 2 aliphatic rings. The number of amides is 2. The van der Waals surface area contributed by atoms with Crippen LogP contribution in [-0.2, 0) is 26.0 Å². The number of carbonyl (C=O) groups excluding carboxylic acids is 2. The standard InChI is InChI=1S/C20H29N3O4S/c1-14-5-4-10-22(13-14)20(25)8-9-21-28(26,27)18-6-7-19-17(12-18)11-15(2)23(19)16(3)24/h6-7,12,14-15,21H,4-5,8-11,13H2,1-3H3/t14-,15-/m1/s1. The van der Waals surface area contributed by atoms with Gasteiger partial charge in [0.1, 0.15) is 0 Å². The van der Waals surface area contributed by atoms with Gasteiger partial charge in [0.2, 0.25) is 21.8 Å². The lowest BCUT2D eigenvalue weighted by atomic mass is 10.0. The quantitative estimate of drug-likeness (QED) is 0.808. The molecule has 0 saturated carbocycles. The predicted octanol–water partition coefficient (Wildman–Crippen LogP) is 1.91. The molecule has 0 aromatic heterocycles. The monoisotopic (exact) mass is 407 g/mol. The van der Waals surface area contributed by atoms with E-state index in [0.717, 1.165) is 37.2 Å². The average Bonchev–Trinajstić information content (AvgIpc) is 2.96. The Labute approximate surface area is 167 Å². The van der Waals surface area contributed by atoms with Crippen molar-refractivity contribution in [3.05, 3.63) is 23.8 Å². The Morgan fingerprint density at radius 3 is 2.68 bits per heavy atom. The van der Waals surface area contributed by atoms with E-state index in [9.17, 15) is 18.0 Å². The Kier molecular flexibility index (Phi) is 6.09. The molecule has 0 bridgehead atoms.